The van der Waals surface area contributed by atoms with Crippen LogP contribution in [-0.2, 0) is 0 Å². The van der Waals surface area contributed by atoms with Crippen molar-refractivity contribution in [3.8, 4) is 0 Å². The highest BCUT2D eigenvalue weighted by atomic mass is 16.6. The van der Waals surface area contributed by atoms with Gasteiger partial charge in [-0.3, -0.25) is 14.9 Å². The van der Waals surface area contributed by atoms with E-state index >= 15 is 0 Å². The second-order valence-electron chi connectivity index (χ2n) is 6.00. The van der Waals surface area contributed by atoms with Crippen LogP contribution in [0.3, 0.4) is 0 Å². The fraction of sp³-hybridized carbons (Fsp3) is 0.571. The minimum Gasteiger partial charge on any atom is -0.372 e. The van der Waals surface area contributed by atoms with Gasteiger partial charge in [0.05, 0.1) is 10.5 Å². The molecular weight excluding hydrogens is 272 g/mol. The summed E-state index contributed by atoms with van der Waals surface area (Å²) >= 11 is 0. The molecule has 1 unspecified atom stereocenters. The first-order chi connectivity index (χ1) is 9.85. The van der Waals surface area contributed by atoms with Crippen molar-refractivity contribution in [1.82, 2.24) is 10.3 Å². The molecule has 2 N–H and O–H groups in total. The molecule has 21 heavy (non-hydrogen) atoms. The van der Waals surface area contributed by atoms with E-state index in [1.165, 1.54) is 6.07 Å². The number of nitrogens with one attached hydrogen (secondary N) is 2. The molecule has 1 saturated carbocycles. The van der Waals surface area contributed by atoms with Gasteiger partial charge in [-0.25, -0.2) is 4.98 Å². The van der Waals surface area contributed by atoms with Gasteiger partial charge in [-0.15, -0.1) is 0 Å². The summed E-state index contributed by atoms with van der Waals surface area (Å²) in [6.45, 7) is 4.24. The maximum atomic E-state index is 12.4. The van der Waals surface area contributed by atoms with Crippen molar-refractivity contribution in [2.24, 2.45) is 5.41 Å². The molecule has 1 amide bonds. The van der Waals surface area contributed by atoms with Crippen LogP contribution in [0.4, 0.5) is 11.5 Å². The van der Waals surface area contributed by atoms with Crippen LogP contribution in [0.15, 0.2) is 12.3 Å². The Bertz CT molecular complexity index is 571. The zero-order chi connectivity index (χ0) is 15.6. The van der Waals surface area contributed by atoms with E-state index in [0.717, 1.165) is 25.5 Å². The Morgan fingerprint density at radius 2 is 2.24 bits per heavy atom. The second kappa shape index (κ2) is 5.67. The normalized spacial score (nSPS) is 20.0. The fourth-order valence-corrected chi connectivity index (χ4v) is 2.76. The highest BCUT2D eigenvalue weighted by Gasteiger charge is 2.36. The molecule has 2 rings (SSSR count). The number of rotatable bonds is 4. The molecule has 1 aromatic heterocycles. The minimum atomic E-state index is -0.553. The molecule has 1 fully saturated rings. The molecule has 7 heteroatoms. The molecule has 1 heterocycles. The smallest absolute Gasteiger partial charge is 0.288 e. The van der Waals surface area contributed by atoms with Crippen molar-refractivity contribution in [3.05, 3.63) is 27.9 Å². The molecule has 114 valence electrons. The molecular formula is C14H20N4O3. The Balaban J connectivity index is 2.25. The number of carbonyl (C=O) groups excluding carboxylic acids is 1. The van der Waals surface area contributed by atoms with Gasteiger partial charge in [0.15, 0.2) is 0 Å². The highest BCUT2D eigenvalue weighted by Crippen LogP contribution is 2.37. The van der Waals surface area contributed by atoms with Crippen LogP contribution in [0.1, 0.15) is 43.5 Å². The molecule has 0 saturated heterocycles. The van der Waals surface area contributed by atoms with E-state index in [1.807, 2.05) is 0 Å². The predicted octanol–water partition coefficient (Wildman–Crippen LogP) is 2.34. The zero-order valence-electron chi connectivity index (χ0n) is 12.5. The van der Waals surface area contributed by atoms with Gasteiger partial charge in [-0.05, 0) is 18.3 Å². The van der Waals surface area contributed by atoms with Crippen LogP contribution in [0, 0.1) is 15.5 Å². The maximum Gasteiger partial charge on any atom is 0.288 e. The van der Waals surface area contributed by atoms with E-state index in [4.69, 9.17) is 0 Å². The molecule has 1 aromatic rings. The summed E-state index contributed by atoms with van der Waals surface area (Å²) in [6.07, 6.45) is 4.20. The van der Waals surface area contributed by atoms with Gasteiger partial charge >= 0.3 is 0 Å². The molecule has 7 nitrogen and oxygen atoms in total. The Kier molecular flexibility index (Phi) is 4.11. The summed E-state index contributed by atoms with van der Waals surface area (Å²) in [5, 5.41) is 16.6. The maximum absolute atomic E-state index is 12.4. The summed E-state index contributed by atoms with van der Waals surface area (Å²) < 4.78 is 0. The van der Waals surface area contributed by atoms with Crippen molar-refractivity contribution in [3.63, 3.8) is 0 Å². The minimum absolute atomic E-state index is 0.0452. The number of nitrogens with zero attached hydrogens (tertiary/aromatic N) is 2. The van der Waals surface area contributed by atoms with Gasteiger partial charge in [0.2, 0.25) is 0 Å². The molecule has 0 bridgehead atoms. The number of pyridine rings is 1. The number of nitro groups is 1. The number of hydrogen-bond acceptors (Lipinski definition) is 5. The first kappa shape index (κ1) is 15.2. The van der Waals surface area contributed by atoms with Gasteiger partial charge in [0.25, 0.3) is 11.6 Å². The Morgan fingerprint density at radius 3 is 2.76 bits per heavy atom. The van der Waals surface area contributed by atoms with Gasteiger partial charge in [0, 0.05) is 19.2 Å². The third-order valence-electron chi connectivity index (χ3n) is 4.13. The van der Waals surface area contributed by atoms with E-state index < -0.39 is 4.92 Å². The van der Waals surface area contributed by atoms with E-state index in [0.29, 0.717) is 5.82 Å². The van der Waals surface area contributed by atoms with Crippen molar-refractivity contribution in [2.75, 3.05) is 12.4 Å². The van der Waals surface area contributed by atoms with E-state index in [1.54, 1.807) is 7.05 Å². The molecule has 1 aliphatic rings. The molecule has 1 atom stereocenters. The van der Waals surface area contributed by atoms with Crippen LogP contribution in [0.2, 0.25) is 0 Å². The lowest BCUT2D eigenvalue weighted by molar-refractivity contribution is -0.385. The van der Waals surface area contributed by atoms with E-state index in [9.17, 15) is 14.9 Å². The summed E-state index contributed by atoms with van der Waals surface area (Å²) in [7, 11) is 1.63. The standard InChI is InChI=1S/C14H20N4O3/c1-14(2)6-4-5-11(14)17-13(19)10-7-9(18(20)21)8-16-12(10)15-3/h7-8,11H,4-6H2,1-3H3,(H,15,16)(H,17,19). The van der Waals surface area contributed by atoms with Crippen molar-refractivity contribution in [1.29, 1.82) is 0 Å². The number of hydrogen-bond donors (Lipinski definition) is 2. The fourth-order valence-electron chi connectivity index (χ4n) is 2.76. The Labute approximate surface area is 123 Å². The molecule has 0 radical (unpaired) electrons. The van der Waals surface area contributed by atoms with Crippen molar-refractivity contribution >= 4 is 17.4 Å². The summed E-state index contributed by atoms with van der Waals surface area (Å²) in [5.74, 6) is 0.0180. The topological polar surface area (TPSA) is 97.2 Å². The molecule has 0 aliphatic heterocycles. The predicted molar refractivity (Wildman–Crippen MR) is 79.3 cm³/mol. The summed E-state index contributed by atoms with van der Waals surface area (Å²) in [4.78, 5) is 26.6. The van der Waals surface area contributed by atoms with Crippen LogP contribution >= 0.6 is 0 Å². The molecule has 0 aromatic carbocycles. The number of amides is 1. The molecule has 0 spiro atoms. The van der Waals surface area contributed by atoms with Gasteiger partial charge < -0.3 is 10.6 Å². The largest absolute Gasteiger partial charge is 0.372 e. The Hall–Kier alpha value is -2.18. The lowest BCUT2D eigenvalue weighted by Crippen LogP contribution is -2.41. The lowest BCUT2D eigenvalue weighted by Gasteiger charge is -2.28. The third kappa shape index (κ3) is 3.12. The van der Waals surface area contributed by atoms with Crippen molar-refractivity contribution in [2.45, 2.75) is 39.2 Å². The number of aromatic nitrogens is 1. The monoisotopic (exact) mass is 292 g/mol. The summed E-state index contributed by atoms with van der Waals surface area (Å²) in [5.41, 5.74) is 0.0584. The first-order valence-corrected chi connectivity index (χ1v) is 6.98. The average molecular weight is 292 g/mol. The Morgan fingerprint density at radius 1 is 1.52 bits per heavy atom. The van der Waals surface area contributed by atoms with Crippen molar-refractivity contribution < 1.29 is 9.72 Å². The average Bonchev–Trinajstić information content (AvgIpc) is 2.77. The molecule has 1 aliphatic carbocycles. The number of anilines is 1. The van der Waals surface area contributed by atoms with Gasteiger partial charge in [-0.2, -0.15) is 0 Å². The summed E-state index contributed by atoms with van der Waals surface area (Å²) in [6, 6.07) is 1.34. The third-order valence-corrected chi connectivity index (χ3v) is 4.13. The van der Waals surface area contributed by atoms with E-state index in [-0.39, 0.29) is 28.6 Å². The van der Waals surface area contributed by atoms with Gasteiger partial charge in [0.1, 0.15) is 12.0 Å². The SMILES string of the molecule is CNc1ncc([N+](=O)[O-])cc1C(=O)NC1CCCC1(C)C. The number of carbonyl (C=O) groups is 1. The first-order valence-electron chi connectivity index (χ1n) is 6.98. The lowest BCUT2D eigenvalue weighted by atomic mass is 9.87. The van der Waals surface area contributed by atoms with Crippen LogP contribution in [0.25, 0.3) is 0 Å². The van der Waals surface area contributed by atoms with Crippen LogP contribution in [-0.4, -0.2) is 28.9 Å². The zero-order valence-corrected chi connectivity index (χ0v) is 12.5. The van der Waals surface area contributed by atoms with E-state index in [2.05, 4.69) is 29.5 Å². The van der Waals surface area contributed by atoms with Crippen LogP contribution < -0.4 is 10.6 Å². The second-order valence-corrected chi connectivity index (χ2v) is 6.00. The van der Waals surface area contributed by atoms with Gasteiger partial charge in [-0.1, -0.05) is 20.3 Å². The quantitative estimate of drug-likeness (QED) is 0.655. The van der Waals surface area contributed by atoms with Crippen LogP contribution in [0.5, 0.6) is 0 Å². The highest BCUT2D eigenvalue weighted by molar-refractivity contribution is 5.99.